The van der Waals surface area contributed by atoms with Gasteiger partial charge in [0, 0.05) is 6.42 Å². The summed E-state index contributed by atoms with van der Waals surface area (Å²) in [4.78, 5) is 11.4. The third-order valence-electron chi connectivity index (χ3n) is 2.68. The number of esters is 1. The summed E-state index contributed by atoms with van der Waals surface area (Å²) in [5.41, 5.74) is 1.52. The van der Waals surface area contributed by atoms with Crippen molar-refractivity contribution in [2.24, 2.45) is 0 Å². The molecule has 3 heteroatoms. The molecule has 0 amide bonds. The number of carbonyl (C=O) groups excluding carboxylic acids is 1. The van der Waals surface area contributed by atoms with Gasteiger partial charge in [0.15, 0.2) is 5.60 Å². The van der Waals surface area contributed by atoms with Crippen LogP contribution in [0.1, 0.15) is 25.0 Å². The molecule has 0 N–H and O–H groups in total. The Morgan fingerprint density at radius 3 is 2.38 bits per heavy atom. The summed E-state index contributed by atoms with van der Waals surface area (Å²) in [6, 6.07) is 8.13. The van der Waals surface area contributed by atoms with Gasteiger partial charge in [0.2, 0.25) is 6.29 Å². The van der Waals surface area contributed by atoms with E-state index in [1.807, 2.05) is 31.2 Å². The molecule has 16 heavy (non-hydrogen) atoms. The SMILES string of the molecule is Cc1ccc(CC2OC(=O)C(C)(C)O2)cc1. The molecule has 1 unspecified atom stereocenters. The third-order valence-corrected chi connectivity index (χ3v) is 2.68. The van der Waals surface area contributed by atoms with Crippen LogP contribution in [0.3, 0.4) is 0 Å². The maximum atomic E-state index is 11.4. The summed E-state index contributed by atoms with van der Waals surface area (Å²) in [6.45, 7) is 5.49. The van der Waals surface area contributed by atoms with Crippen molar-refractivity contribution >= 4 is 5.97 Å². The van der Waals surface area contributed by atoms with Crippen LogP contribution in [0.5, 0.6) is 0 Å². The standard InChI is InChI=1S/C13H16O3/c1-9-4-6-10(7-5-9)8-11-15-12(14)13(2,3)16-11/h4-7,11H,8H2,1-3H3. The Kier molecular flexibility index (Phi) is 2.72. The number of hydrogen-bond acceptors (Lipinski definition) is 3. The molecule has 0 aromatic heterocycles. The van der Waals surface area contributed by atoms with Gasteiger partial charge in [-0.15, -0.1) is 0 Å². The van der Waals surface area contributed by atoms with Crippen LogP contribution in [0.15, 0.2) is 24.3 Å². The molecule has 1 heterocycles. The van der Waals surface area contributed by atoms with Crippen molar-refractivity contribution in [1.82, 2.24) is 0 Å². The van der Waals surface area contributed by atoms with Gasteiger partial charge in [-0.2, -0.15) is 0 Å². The minimum atomic E-state index is -0.810. The summed E-state index contributed by atoms with van der Waals surface area (Å²) >= 11 is 0. The van der Waals surface area contributed by atoms with Crippen molar-refractivity contribution in [3.8, 4) is 0 Å². The quantitative estimate of drug-likeness (QED) is 0.717. The smallest absolute Gasteiger partial charge is 0.340 e. The van der Waals surface area contributed by atoms with Crippen LogP contribution in [0.2, 0.25) is 0 Å². The lowest BCUT2D eigenvalue weighted by Gasteiger charge is -2.12. The second-order valence-electron chi connectivity index (χ2n) is 4.65. The maximum Gasteiger partial charge on any atom is 0.340 e. The van der Waals surface area contributed by atoms with E-state index in [9.17, 15) is 4.79 Å². The second-order valence-corrected chi connectivity index (χ2v) is 4.65. The molecule has 1 saturated heterocycles. The fourth-order valence-electron chi connectivity index (χ4n) is 1.66. The lowest BCUT2D eigenvalue weighted by atomic mass is 10.1. The average molecular weight is 220 g/mol. The van der Waals surface area contributed by atoms with E-state index in [2.05, 4.69) is 0 Å². The molecule has 0 spiro atoms. The fourth-order valence-corrected chi connectivity index (χ4v) is 1.66. The van der Waals surface area contributed by atoms with E-state index in [0.717, 1.165) is 5.56 Å². The van der Waals surface area contributed by atoms with Gasteiger partial charge in [0.25, 0.3) is 0 Å². The van der Waals surface area contributed by atoms with Gasteiger partial charge in [-0.3, -0.25) is 0 Å². The van der Waals surface area contributed by atoms with Crippen LogP contribution >= 0.6 is 0 Å². The van der Waals surface area contributed by atoms with E-state index in [1.165, 1.54) is 5.56 Å². The first-order chi connectivity index (χ1) is 7.47. The third kappa shape index (κ3) is 2.25. The topological polar surface area (TPSA) is 35.5 Å². The monoisotopic (exact) mass is 220 g/mol. The number of rotatable bonds is 2. The summed E-state index contributed by atoms with van der Waals surface area (Å²) in [7, 11) is 0. The highest BCUT2D eigenvalue weighted by Gasteiger charge is 2.42. The summed E-state index contributed by atoms with van der Waals surface area (Å²) in [6.07, 6.45) is 0.153. The Balaban J connectivity index is 2.02. The summed E-state index contributed by atoms with van der Waals surface area (Å²) < 4.78 is 10.7. The lowest BCUT2D eigenvalue weighted by Crippen LogP contribution is -2.27. The number of hydrogen-bond donors (Lipinski definition) is 0. The Hall–Kier alpha value is -1.35. The molecule has 0 bridgehead atoms. The molecule has 0 radical (unpaired) electrons. The predicted octanol–water partition coefficient (Wildman–Crippen LogP) is 2.22. The van der Waals surface area contributed by atoms with Crippen molar-refractivity contribution < 1.29 is 14.3 Å². The van der Waals surface area contributed by atoms with Gasteiger partial charge in [-0.05, 0) is 26.3 Å². The highest BCUT2D eigenvalue weighted by atomic mass is 16.8. The van der Waals surface area contributed by atoms with Gasteiger partial charge in [0.05, 0.1) is 0 Å². The molecule has 1 aliphatic heterocycles. The zero-order chi connectivity index (χ0) is 11.8. The van der Waals surface area contributed by atoms with E-state index in [4.69, 9.17) is 9.47 Å². The Morgan fingerprint density at radius 2 is 1.88 bits per heavy atom. The van der Waals surface area contributed by atoms with Crippen molar-refractivity contribution in [2.75, 3.05) is 0 Å². The maximum absolute atomic E-state index is 11.4. The molecular weight excluding hydrogens is 204 g/mol. The van der Waals surface area contributed by atoms with Gasteiger partial charge in [-0.1, -0.05) is 29.8 Å². The predicted molar refractivity (Wildman–Crippen MR) is 59.9 cm³/mol. The van der Waals surface area contributed by atoms with Crippen molar-refractivity contribution in [3.05, 3.63) is 35.4 Å². The Morgan fingerprint density at radius 1 is 1.25 bits per heavy atom. The zero-order valence-electron chi connectivity index (χ0n) is 9.82. The molecule has 1 fully saturated rings. The van der Waals surface area contributed by atoms with Crippen LogP contribution in [0.4, 0.5) is 0 Å². The normalized spacial score (nSPS) is 23.2. The number of aryl methyl sites for hydroxylation is 1. The number of benzene rings is 1. The molecule has 1 aliphatic rings. The molecule has 0 aliphatic carbocycles. The first-order valence-corrected chi connectivity index (χ1v) is 5.42. The Bertz CT molecular complexity index is 392. The minimum Gasteiger partial charge on any atom is -0.433 e. The van der Waals surface area contributed by atoms with Crippen molar-refractivity contribution in [3.63, 3.8) is 0 Å². The van der Waals surface area contributed by atoms with Gasteiger partial charge >= 0.3 is 5.97 Å². The van der Waals surface area contributed by atoms with Crippen molar-refractivity contribution in [2.45, 2.75) is 39.1 Å². The summed E-state index contributed by atoms with van der Waals surface area (Å²) in [5.74, 6) is -0.287. The summed E-state index contributed by atoms with van der Waals surface area (Å²) in [5, 5.41) is 0. The molecular formula is C13H16O3. The van der Waals surface area contributed by atoms with Crippen LogP contribution in [-0.4, -0.2) is 17.9 Å². The van der Waals surface area contributed by atoms with Crippen LogP contribution in [-0.2, 0) is 20.7 Å². The minimum absolute atomic E-state index is 0.287. The number of ether oxygens (including phenoxy) is 2. The van der Waals surface area contributed by atoms with Crippen LogP contribution in [0, 0.1) is 6.92 Å². The highest BCUT2D eigenvalue weighted by molar-refractivity contribution is 5.80. The van der Waals surface area contributed by atoms with Gasteiger partial charge < -0.3 is 9.47 Å². The number of carbonyl (C=O) groups is 1. The molecule has 1 atom stereocenters. The van der Waals surface area contributed by atoms with E-state index < -0.39 is 11.9 Å². The molecule has 0 saturated carbocycles. The van der Waals surface area contributed by atoms with E-state index in [-0.39, 0.29) is 5.97 Å². The van der Waals surface area contributed by atoms with Gasteiger partial charge in [0.1, 0.15) is 0 Å². The zero-order valence-corrected chi connectivity index (χ0v) is 9.82. The first-order valence-electron chi connectivity index (χ1n) is 5.42. The molecule has 1 aromatic carbocycles. The first kappa shape index (κ1) is 11.1. The molecule has 86 valence electrons. The number of cyclic esters (lactones) is 1. The van der Waals surface area contributed by atoms with E-state index in [1.54, 1.807) is 13.8 Å². The fraction of sp³-hybridized carbons (Fsp3) is 0.462. The van der Waals surface area contributed by atoms with E-state index >= 15 is 0 Å². The van der Waals surface area contributed by atoms with E-state index in [0.29, 0.717) is 6.42 Å². The van der Waals surface area contributed by atoms with Gasteiger partial charge in [-0.25, -0.2) is 4.79 Å². The average Bonchev–Trinajstić information content (AvgIpc) is 2.44. The lowest BCUT2D eigenvalue weighted by molar-refractivity contribution is -0.144. The molecule has 2 rings (SSSR count). The largest absolute Gasteiger partial charge is 0.433 e. The van der Waals surface area contributed by atoms with Crippen LogP contribution < -0.4 is 0 Å². The Labute approximate surface area is 95.4 Å². The van der Waals surface area contributed by atoms with Crippen molar-refractivity contribution in [1.29, 1.82) is 0 Å². The second kappa shape index (κ2) is 3.91. The molecule has 3 nitrogen and oxygen atoms in total. The molecule has 1 aromatic rings. The highest BCUT2D eigenvalue weighted by Crippen LogP contribution is 2.25. The van der Waals surface area contributed by atoms with Crippen LogP contribution in [0.25, 0.3) is 0 Å².